The van der Waals surface area contributed by atoms with Crippen LogP contribution in [0.3, 0.4) is 0 Å². The van der Waals surface area contributed by atoms with Crippen molar-refractivity contribution in [1.29, 1.82) is 0 Å². The minimum absolute atomic E-state index is 0.00763. The zero-order valence-corrected chi connectivity index (χ0v) is 18.9. The summed E-state index contributed by atoms with van der Waals surface area (Å²) in [4.78, 5) is 14.4. The molecule has 0 atom stereocenters. The van der Waals surface area contributed by atoms with Gasteiger partial charge in [-0.25, -0.2) is 17.2 Å². The highest BCUT2D eigenvalue weighted by Crippen LogP contribution is 2.29. The highest BCUT2D eigenvalue weighted by molar-refractivity contribution is 7.89. The van der Waals surface area contributed by atoms with E-state index < -0.39 is 27.6 Å². The van der Waals surface area contributed by atoms with Crippen LogP contribution in [-0.2, 0) is 14.8 Å². The number of piperazine rings is 1. The molecule has 1 heterocycles. The number of benzene rings is 2. The van der Waals surface area contributed by atoms with Gasteiger partial charge in [-0.3, -0.25) is 9.69 Å². The number of nitrogens with one attached hydrogen (secondary N) is 1. The van der Waals surface area contributed by atoms with Crippen molar-refractivity contribution in [2.75, 3.05) is 38.0 Å². The van der Waals surface area contributed by atoms with Crippen molar-refractivity contribution in [3.8, 4) is 0 Å². The van der Waals surface area contributed by atoms with Crippen LogP contribution in [0.25, 0.3) is 0 Å². The molecule has 6 nitrogen and oxygen atoms in total. The summed E-state index contributed by atoms with van der Waals surface area (Å²) in [5.41, 5.74) is 3.29. The van der Waals surface area contributed by atoms with Crippen LogP contribution < -0.4 is 5.32 Å². The lowest BCUT2D eigenvalue weighted by Gasteiger charge is -2.34. The third-order valence-corrected chi connectivity index (χ3v) is 7.97. The molecule has 1 saturated heterocycles. The van der Waals surface area contributed by atoms with Crippen molar-refractivity contribution in [3.05, 3.63) is 58.2 Å². The molecule has 1 fully saturated rings. The molecule has 1 amide bonds. The topological polar surface area (TPSA) is 69.7 Å². The number of nitrogens with zero attached hydrogens (tertiary/aromatic N) is 2. The number of sulfonamides is 1. The Morgan fingerprint density at radius 3 is 2.10 bits per heavy atom. The fraction of sp³-hybridized carbons (Fsp3) is 0.409. The van der Waals surface area contributed by atoms with Crippen LogP contribution in [0.1, 0.15) is 22.3 Å². The number of rotatable bonds is 5. The molecule has 31 heavy (non-hydrogen) atoms. The summed E-state index contributed by atoms with van der Waals surface area (Å²) in [5.74, 6) is -2.01. The van der Waals surface area contributed by atoms with Crippen LogP contribution >= 0.6 is 0 Å². The van der Waals surface area contributed by atoms with Crippen molar-refractivity contribution in [2.24, 2.45) is 0 Å². The van der Waals surface area contributed by atoms with Gasteiger partial charge >= 0.3 is 0 Å². The van der Waals surface area contributed by atoms with Crippen molar-refractivity contribution in [2.45, 2.75) is 32.6 Å². The molecule has 0 radical (unpaired) electrons. The zero-order valence-electron chi connectivity index (χ0n) is 18.1. The average molecular weight is 452 g/mol. The van der Waals surface area contributed by atoms with E-state index in [-0.39, 0.29) is 25.3 Å². The molecule has 0 unspecified atom stereocenters. The summed E-state index contributed by atoms with van der Waals surface area (Å²) in [5, 5.41) is 2.43. The molecule has 3 rings (SSSR count). The maximum Gasteiger partial charge on any atom is 0.243 e. The third-order valence-electron chi connectivity index (χ3n) is 5.80. The van der Waals surface area contributed by atoms with E-state index >= 15 is 0 Å². The molecular weight excluding hydrogens is 424 g/mol. The second-order valence-corrected chi connectivity index (χ2v) is 9.82. The monoisotopic (exact) mass is 451 g/mol. The minimum Gasteiger partial charge on any atom is -0.322 e. The van der Waals surface area contributed by atoms with E-state index in [0.29, 0.717) is 24.1 Å². The van der Waals surface area contributed by atoms with Gasteiger partial charge in [0.15, 0.2) is 0 Å². The van der Waals surface area contributed by atoms with Gasteiger partial charge in [0.25, 0.3) is 0 Å². The molecule has 2 aromatic rings. The number of hydrogen-bond donors (Lipinski definition) is 1. The van der Waals surface area contributed by atoms with E-state index in [2.05, 4.69) is 5.32 Å². The second kappa shape index (κ2) is 9.02. The van der Waals surface area contributed by atoms with Gasteiger partial charge in [-0.05, 0) is 62.1 Å². The first-order valence-corrected chi connectivity index (χ1v) is 11.5. The predicted octanol–water partition coefficient (Wildman–Crippen LogP) is 3.14. The standard InChI is InChI=1S/C22H27F2N3O3S/c1-14-11-15(2)17(4)22(16(14)3)31(29,30)27-9-7-26(8-10-27)13-21(28)25-20-6-5-18(23)12-19(20)24/h5-6,11-12H,7-10,13H2,1-4H3,(H,25,28). The lowest BCUT2D eigenvalue weighted by Crippen LogP contribution is -2.50. The number of amides is 1. The summed E-state index contributed by atoms with van der Waals surface area (Å²) in [6, 6.07) is 4.93. The Kier molecular flexibility index (Phi) is 6.78. The van der Waals surface area contributed by atoms with Crippen LogP contribution in [-0.4, -0.2) is 56.3 Å². The van der Waals surface area contributed by atoms with Crippen LogP contribution in [0, 0.1) is 39.3 Å². The summed E-state index contributed by atoms with van der Waals surface area (Å²) >= 11 is 0. The molecule has 0 aromatic heterocycles. The quantitative estimate of drug-likeness (QED) is 0.758. The SMILES string of the molecule is Cc1cc(C)c(C)c(S(=O)(=O)N2CCN(CC(=O)Nc3ccc(F)cc3F)CC2)c1C. The number of carbonyl (C=O) groups is 1. The van der Waals surface area contributed by atoms with Crippen LogP contribution in [0.5, 0.6) is 0 Å². The Balaban J connectivity index is 1.65. The first kappa shape index (κ1) is 23.3. The number of hydrogen-bond acceptors (Lipinski definition) is 4. The van der Waals surface area contributed by atoms with E-state index in [4.69, 9.17) is 0 Å². The molecular formula is C22H27F2N3O3S. The Morgan fingerprint density at radius 1 is 0.968 bits per heavy atom. The van der Waals surface area contributed by atoms with E-state index in [0.717, 1.165) is 28.3 Å². The van der Waals surface area contributed by atoms with Crippen LogP contribution in [0.15, 0.2) is 29.2 Å². The number of anilines is 1. The highest BCUT2D eigenvalue weighted by atomic mass is 32.2. The van der Waals surface area contributed by atoms with Gasteiger partial charge < -0.3 is 5.32 Å². The molecule has 168 valence electrons. The zero-order chi connectivity index (χ0) is 22.9. The molecule has 2 aromatic carbocycles. The van der Waals surface area contributed by atoms with Crippen molar-refractivity contribution in [1.82, 2.24) is 9.21 Å². The smallest absolute Gasteiger partial charge is 0.243 e. The van der Waals surface area contributed by atoms with Gasteiger partial charge in [0.1, 0.15) is 11.6 Å². The van der Waals surface area contributed by atoms with Gasteiger partial charge in [0, 0.05) is 32.2 Å². The van der Waals surface area contributed by atoms with Crippen LogP contribution in [0.2, 0.25) is 0 Å². The van der Waals surface area contributed by atoms with Gasteiger partial charge in [0.2, 0.25) is 15.9 Å². The fourth-order valence-electron chi connectivity index (χ4n) is 3.81. The average Bonchev–Trinajstić information content (AvgIpc) is 2.69. The van der Waals surface area contributed by atoms with Gasteiger partial charge in [-0.15, -0.1) is 0 Å². The Bertz CT molecular complexity index is 1090. The Morgan fingerprint density at radius 2 is 1.55 bits per heavy atom. The molecule has 1 aliphatic rings. The van der Waals surface area contributed by atoms with E-state index in [1.54, 1.807) is 0 Å². The summed E-state index contributed by atoms with van der Waals surface area (Å²) < 4.78 is 54.8. The summed E-state index contributed by atoms with van der Waals surface area (Å²) in [6.45, 7) is 8.71. The normalized spacial score (nSPS) is 15.8. The molecule has 1 aliphatic heterocycles. The molecule has 0 spiro atoms. The van der Waals surface area contributed by atoms with Crippen molar-refractivity contribution in [3.63, 3.8) is 0 Å². The number of aryl methyl sites for hydroxylation is 2. The maximum absolute atomic E-state index is 13.7. The maximum atomic E-state index is 13.7. The second-order valence-electron chi connectivity index (χ2n) is 7.94. The summed E-state index contributed by atoms with van der Waals surface area (Å²) in [7, 11) is -3.66. The van der Waals surface area contributed by atoms with E-state index in [1.165, 1.54) is 10.4 Å². The molecule has 0 bridgehead atoms. The Hall–Kier alpha value is -2.36. The van der Waals surface area contributed by atoms with Gasteiger partial charge in [-0.1, -0.05) is 6.07 Å². The minimum atomic E-state index is -3.66. The predicted molar refractivity (Wildman–Crippen MR) is 116 cm³/mol. The van der Waals surface area contributed by atoms with E-state index in [9.17, 15) is 22.0 Å². The third kappa shape index (κ3) is 4.94. The lowest BCUT2D eigenvalue weighted by molar-refractivity contribution is -0.117. The Labute approximate surface area is 181 Å². The molecule has 1 N–H and O–H groups in total. The molecule has 0 saturated carbocycles. The van der Waals surface area contributed by atoms with Gasteiger partial charge in [0.05, 0.1) is 17.1 Å². The number of halogens is 2. The highest BCUT2D eigenvalue weighted by Gasteiger charge is 2.32. The molecule has 0 aliphatic carbocycles. The van der Waals surface area contributed by atoms with Crippen molar-refractivity contribution < 1.29 is 22.0 Å². The van der Waals surface area contributed by atoms with Gasteiger partial charge in [-0.2, -0.15) is 4.31 Å². The lowest BCUT2D eigenvalue weighted by atomic mass is 10.0. The largest absolute Gasteiger partial charge is 0.322 e. The number of carbonyl (C=O) groups excluding carboxylic acids is 1. The van der Waals surface area contributed by atoms with Crippen LogP contribution in [0.4, 0.5) is 14.5 Å². The fourth-order valence-corrected chi connectivity index (χ4v) is 5.81. The van der Waals surface area contributed by atoms with E-state index in [1.807, 2.05) is 38.7 Å². The molecule has 9 heteroatoms. The first-order chi connectivity index (χ1) is 14.5. The first-order valence-electron chi connectivity index (χ1n) is 10.1. The summed E-state index contributed by atoms with van der Waals surface area (Å²) in [6.07, 6.45) is 0. The van der Waals surface area contributed by atoms with Crippen molar-refractivity contribution >= 4 is 21.6 Å².